The van der Waals surface area contributed by atoms with Crippen LogP contribution in [0.15, 0.2) is 53.7 Å². The molecule has 2 aromatic rings. The molecule has 0 saturated carbocycles. The van der Waals surface area contributed by atoms with Gasteiger partial charge in [0.2, 0.25) is 15.9 Å². The molecule has 0 radical (unpaired) electrons. The molecule has 1 aromatic carbocycles. The largest absolute Gasteiger partial charge is 0.487 e. The average Bonchev–Trinajstić information content (AvgIpc) is 2.91. The first-order valence-electron chi connectivity index (χ1n) is 13.0. The molecule has 4 rings (SSSR count). The van der Waals surface area contributed by atoms with Crippen molar-refractivity contribution in [1.29, 1.82) is 0 Å². The molecule has 0 fully saturated rings. The van der Waals surface area contributed by atoms with Gasteiger partial charge >= 0.3 is 0 Å². The highest BCUT2D eigenvalue weighted by molar-refractivity contribution is 7.89. The number of fused-ring (bicyclic) bond motifs is 1. The third-order valence-electron chi connectivity index (χ3n) is 7.29. The Bertz CT molecular complexity index is 1230. The lowest BCUT2D eigenvalue weighted by Gasteiger charge is -2.37. The second-order valence-corrected chi connectivity index (χ2v) is 12.0. The molecule has 1 amide bonds. The van der Waals surface area contributed by atoms with Crippen molar-refractivity contribution in [3.63, 3.8) is 0 Å². The number of benzene rings is 1. The summed E-state index contributed by atoms with van der Waals surface area (Å²) in [6, 6.07) is 8.37. The summed E-state index contributed by atoms with van der Waals surface area (Å²) in [5.74, 6) is -0.00714. The van der Waals surface area contributed by atoms with E-state index in [2.05, 4.69) is 11.1 Å². The number of aliphatic hydroxyl groups is 1. The Labute approximate surface area is 220 Å². The Morgan fingerprint density at radius 1 is 1.30 bits per heavy atom. The number of likely N-dealkylation sites (N-methyl/N-ethyl adjacent to an activating group) is 1. The van der Waals surface area contributed by atoms with E-state index in [1.807, 2.05) is 25.1 Å². The van der Waals surface area contributed by atoms with Gasteiger partial charge in [-0.15, -0.1) is 0 Å². The zero-order valence-corrected chi connectivity index (χ0v) is 22.7. The zero-order chi connectivity index (χ0) is 26.6. The lowest BCUT2D eigenvalue weighted by atomic mass is 9.93. The molecule has 1 aliphatic carbocycles. The molecule has 0 spiro atoms. The summed E-state index contributed by atoms with van der Waals surface area (Å²) in [6.07, 6.45) is 9.57. The molecule has 1 N–H and O–H groups in total. The number of ether oxygens (including phenoxy) is 1. The third kappa shape index (κ3) is 6.22. The molecule has 9 heteroatoms. The van der Waals surface area contributed by atoms with Crippen molar-refractivity contribution in [1.82, 2.24) is 14.2 Å². The van der Waals surface area contributed by atoms with E-state index >= 15 is 0 Å². The number of nitrogens with zero attached hydrogens (tertiary/aromatic N) is 3. The van der Waals surface area contributed by atoms with E-state index in [-0.39, 0.29) is 36.3 Å². The normalized spacial score (nSPS) is 22.5. The number of rotatable bonds is 7. The molecule has 37 heavy (non-hydrogen) atoms. The van der Waals surface area contributed by atoms with Crippen LogP contribution in [-0.2, 0) is 21.2 Å². The summed E-state index contributed by atoms with van der Waals surface area (Å²) in [5.41, 5.74) is 2.99. The van der Waals surface area contributed by atoms with Crippen LogP contribution in [0.1, 0.15) is 50.7 Å². The highest BCUT2D eigenvalue weighted by Crippen LogP contribution is 2.37. The van der Waals surface area contributed by atoms with E-state index in [1.54, 1.807) is 43.4 Å². The molecule has 8 nitrogen and oxygen atoms in total. The highest BCUT2D eigenvalue weighted by Gasteiger charge is 2.38. The first kappa shape index (κ1) is 27.3. The van der Waals surface area contributed by atoms with Crippen molar-refractivity contribution in [2.75, 3.05) is 26.7 Å². The summed E-state index contributed by atoms with van der Waals surface area (Å²) in [6.45, 7) is 3.81. The zero-order valence-electron chi connectivity index (χ0n) is 21.8. The van der Waals surface area contributed by atoms with Crippen LogP contribution in [-0.4, -0.2) is 72.5 Å². The molecule has 2 heterocycles. The van der Waals surface area contributed by atoms with Gasteiger partial charge in [0, 0.05) is 37.9 Å². The fourth-order valence-electron chi connectivity index (χ4n) is 4.93. The number of pyridine rings is 1. The minimum atomic E-state index is -3.90. The van der Waals surface area contributed by atoms with Gasteiger partial charge in [0.1, 0.15) is 16.7 Å². The Hall–Kier alpha value is -2.75. The topological polar surface area (TPSA) is 100 Å². The van der Waals surface area contributed by atoms with Gasteiger partial charge in [0.15, 0.2) is 0 Å². The van der Waals surface area contributed by atoms with Crippen LogP contribution >= 0.6 is 0 Å². The summed E-state index contributed by atoms with van der Waals surface area (Å²) in [4.78, 5) is 18.8. The van der Waals surface area contributed by atoms with Gasteiger partial charge in [0.05, 0.1) is 19.6 Å². The van der Waals surface area contributed by atoms with Crippen molar-refractivity contribution in [2.45, 2.75) is 63.0 Å². The molecular weight excluding hydrogens is 490 g/mol. The number of carbonyl (C=O) groups is 1. The number of allylic oxidation sites excluding steroid dienone is 2. The van der Waals surface area contributed by atoms with Crippen LogP contribution in [0.4, 0.5) is 0 Å². The summed E-state index contributed by atoms with van der Waals surface area (Å²) >= 11 is 0. The van der Waals surface area contributed by atoms with Crippen LogP contribution < -0.4 is 4.74 Å². The van der Waals surface area contributed by atoms with Crippen molar-refractivity contribution >= 4 is 21.5 Å². The lowest BCUT2D eigenvalue weighted by molar-refractivity contribution is -0.130. The smallest absolute Gasteiger partial charge is 0.247 e. The maximum absolute atomic E-state index is 13.7. The van der Waals surface area contributed by atoms with Crippen LogP contribution in [0.5, 0.6) is 5.75 Å². The number of aromatic nitrogens is 1. The number of carbonyl (C=O) groups excluding carboxylic acids is 1. The first-order chi connectivity index (χ1) is 17.7. The second kappa shape index (κ2) is 11.8. The molecule has 0 unspecified atom stereocenters. The fourth-order valence-corrected chi connectivity index (χ4v) is 6.75. The quantitative estimate of drug-likeness (QED) is 0.592. The minimum absolute atomic E-state index is 0.0691. The molecule has 2 aliphatic rings. The Morgan fingerprint density at radius 2 is 2.11 bits per heavy atom. The van der Waals surface area contributed by atoms with Gasteiger partial charge < -0.3 is 14.7 Å². The molecule has 1 aromatic heterocycles. The fraction of sp³-hybridized carbons (Fsp3) is 0.500. The van der Waals surface area contributed by atoms with Crippen molar-refractivity contribution < 1.29 is 23.1 Å². The van der Waals surface area contributed by atoms with Crippen LogP contribution in [0.3, 0.4) is 0 Å². The Morgan fingerprint density at radius 3 is 2.78 bits per heavy atom. The van der Waals surface area contributed by atoms with Gasteiger partial charge in [-0.3, -0.25) is 9.78 Å². The van der Waals surface area contributed by atoms with Crippen LogP contribution in [0, 0.1) is 5.92 Å². The van der Waals surface area contributed by atoms with Gasteiger partial charge in [-0.05, 0) is 67.5 Å². The minimum Gasteiger partial charge on any atom is -0.487 e. The van der Waals surface area contributed by atoms with Crippen molar-refractivity contribution in [3.05, 3.63) is 59.9 Å². The van der Waals surface area contributed by atoms with Gasteiger partial charge in [0.25, 0.3) is 0 Å². The summed E-state index contributed by atoms with van der Waals surface area (Å²) in [7, 11) is -2.16. The van der Waals surface area contributed by atoms with Gasteiger partial charge in [-0.1, -0.05) is 25.1 Å². The number of hydrogen-bond donors (Lipinski definition) is 1. The molecule has 200 valence electrons. The summed E-state index contributed by atoms with van der Waals surface area (Å²) < 4.78 is 35.2. The van der Waals surface area contributed by atoms with Crippen LogP contribution in [0.25, 0.3) is 5.57 Å². The molecule has 3 atom stereocenters. The third-order valence-corrected chi connectivity index (χ3v) is 9.31. The van der Waals surface area contributed by atoms with E-state index < -0.39 is 22.2 Å². The van der Waals surface area contributed by atoms with E-state index in [0.29, 0.717) is 12.3 Å². The maximum Gasteiger partial charge on any atom is 0.247 e. The average molecular weight is 528 g/mol. The maximum atomic E-state index is 13.7. The van der Waals surface area contributed by atoms with E-state index in [0.717, 1.165) is 36.8 Å². The Kier molecular flexibility index (Phi) is 8.67. The second-order valence-electron chi connectivity index (χ2n) is 10.2. The molecule has 1 aliphatic heterocycles. The van der Waals surface area contributed by atoms with E-state index in [9.17, 15) is 18.3 Å². The van der Waals surface area contributed by atoms with Crippen LogP contribution in [0.2, 0.25) is 0 Å². The SMILES string of the molecule is C[C@@H]1CN([C@@H](C)CO)S(=O)(=O)c2ccc(C3=CCCCC3)cc2O[C@H]1CN(C)C(=O)Cc1cccnc1. The first-order valence-corrected chi connectivity index (χ1v) is 14.4. The van der Waals surface area contributed by atoms with Gasteiger partial charge in [-0.25, -0.2) is 8.42 Å². The predicted octanol–water partition coefficient (Wildman–Crippen LogP) is 3.51. The highest BCUT2D eigenvalue weighted by atomic mass is 32.2. The summed E-state index contributed by atoms with van der Waals surface area (Å²) in [5, 5.41) is 9.85. The van der Waals surface area contributed by atoms with Crippen molar-refractivity contribution in [3.8, 4) is 5.75 Å². The molecule has 0 bridgehead atoms. The predicted molar refractivity (Wildman–Crippen MR) is 142 cm³/mol. The number of hydrogen-bond acceptors (Lipinski definition) is 6. The van der Waals surface area contributed by atoms with Crippen molar-refractivity contribution in [2.24, 2.45) is 5.92 Å². The van der Waals surface area contributed by atoms with Gasteiger partial charge in [-0.2, -0.15) is 4.31 Å². The number of amides is 1. The molecule has 0 saturated heterocycles. The molecular formula is C28H37N3O5S. The number of aliphatic hydroxyl groups excluding tert-OH is 1. The standard InChI is InChI=1S/C28H37N3O5S/c1-20-17-31(21(2)19-32)37(34,35)27-12-11-24(23-9-5-4-6-10-23)15-25(27)36-26(20)18-30(3)28(33)14-22-8-7-13-29-16-22/h7-9,11-13,15-16,20-21,26,32H,4-6,10,14,17-19H2,1-3H3/t20-,21+,26+/m1/s1. The number of sulfonamides is 1. The monoisotopic (exact) mass is 527 g/mol. The van der Waals surface area contributed by atoms with E-state index in [4.69, 9.17) is 4.74 Å². The Balaban J connectivity index is 1.67. The lowest BCUT2D eigenvalue weighted by Crippen LogP contribution is -2.50. The van der Waals surface area contributed by atoms with E-state index in [1.165, 1.54) is 9.88 Å².